The van der Waals surface area contributed by atoms with E-state index in [1.165, 1.54) is 18.2 Å². The van der Waals surface area contributed by atoms with Gasteiger partial charge in [0.15, 0.2) is 6.61 Å². The zero-order valence-electron chi connectivity index (χ0n) is 10.3. The van der Waals surface area contributed by atoms with Crippen molar-refractivity contribution in [3.63, 3.8) is 0 Å². The fourth-order valence-corrected chi connectivity index (χ4v) is 1.44. The Bertz CT molecular complexity index is 475. The Morgan fingerprint density at radius 3 is 2.79 bits per heavy atom. The molecule has 1 aliphatic carbocycles. The molecule has 0 aromatic heterocycles. The van der Waals surface area contributed by atoms with Crippen LogP contribution in [0.3, 0.4) is 0 Å². The number of benzene rings is 1. The van der Waals surface area contributed by atoms with Crippen LogP contribution in [0, 0.1) is 5.82 Å². The van der Waals surface area contributed by atoms with E-state index >= 15 is 0 Å². The number of hydrogen-bond acceptors (Lipinski definition) is 3. The lowest BCUT2D eigenvalue weighted by molar-refractivity contribution is -0.127. The first-order valence-electron chi connectivity index (χ1n) is 6.08. The Balaban J connectivity index is 1.65. The molecule has 19 heavy (non-hydrogen) atoms. The molecule has 1 saturated carbocycles. The molecule has 102 valence electrons. The topological polar surface area (TPSA) is 67.4 Å². The van der Waals surface area contributed by atoms with E-state index in [4.69, 9.17) is 4.74 Å². The van der Waals surface area contributed by atoms with Crippen LogP contribution in [0.25, 0.3) is 0 Å². The molecule has 0 saturated heterocycles. The monoisotopic (exact) mass is 266 g/mol. The summed E-state index contributed by atoms with van der Waals surface area (Å²) in [5, 5.41) is 5.18. The quantitative estimate of drug-likeness (QED) is 0.792. The summed E-state index contributed by atoms with van der Waals surface area (Å²) >= 11 is 0. The van der Waals surface area contributed by atoms with E-state index in [0.29, 0.717) is 0 Å². The second-order valence-electron chi connectivity index (χ2n) is 4.36. The summed E-state index contributed by atoms with van der Waals surface area (Å²) in [6.07, 6.45) is 2.00. The van der Waals surface area contributed by atoms with E-state index in [-0.39, 0.29) is 30.9 Å². The van der Waals surface area contributed by atoms with Gasteiger partial charge in [0.2, 0.25) is 5.91 Å². The van der Waals surface area contributed by atoms with E-state index in [1.807, 2.05) is 0 Å². The molecule has 2 N–H and O–H groups in total. The van der Waals surface area contributed by atoms with Crippen LogP contribution in [-0.4, -0.2) is 31.0 Å². The molecule has 1 fully saturated rings. The molecule has 0 spiro atoms. The number of nitrogens with one attached hydrogen (secondary N) is 2. The molecule has 0 aliphatic heterocycles. The van der Waals surface area contributed by atoms with Crippen LogP contribution in [0.2, 0.25) is 0 Å². The lowest BCUT2D eigenvalue weighted by atomic mass is 10.3. The average Bonchev–Trinajstić information content (AvgIpc) is 3.18. The van der Waals surface area contributed by atoms with Crippen LogP contribution >= 0.6 is 0 Å². The van der Waals surface area contributed by atoms with Crippen molar-refractivity contribution in [3.05, 3.63) is 30.1 Å². The van der Waals surface area contributed by atoms with E-state index in [1.54, 1.807) is 6.07 Å². The third-order valence-electron chi connectivity index (χ3n) is 2.55. The van der Waals surface area contributed by atoms with Gasteiger partial charge in [-0.1, -0.05) is 6.07 Å². The largest absolute Gasteiger partial charge is 0.484 e. The summed E-state index contributed by atoms with van der Waals surface area (Å²) in [6.45, 7) is -0.317. The predicted molar refractivity (Wildman–Crippen MR) is 66.1 cm³/mol. The molecule has 5 nitrogen and oxygen atoms in total. The minimum Gasteiger partial charge on any atom is -0.484 e. The van der Waals surface area contributed by atoms with Crippen molar-refractivity contribution in [2.24, 2.45) is 0 Å². The number of carbonyl (C=O) groups excluding carboxylic acids is 2. The summed E-state index contributed by atoms with van der Waals surface area (Å²) in [6, 6.07) is 5.79. The molecule has 1 aromatic rings. The summed E-state index contributed by atoms with van der Waals surface area (Å²) in [7, 11) is 0. The number of rotatable bonds is 6. The molecule has 6 heteroatoms. The molecule has 0 radical (unpaired) electrons. The van der Waals surface area contributed by atoms with Gasteiger partial charge in [0.05, 0.1) is 6.54 Å². The lowest BCUT2D eigenvalue weighted by Gasteiger charge is -2.07. The maximum Gasteiger partial charge on any atom is 0.258 e. The number of ether oxygens (including phenoxy) is 1. The van der Waals surface area contributed by atoms with Gasteiger partial charge >= 0.3 is 0 Å². The number of halogens is 1. The molecule has 0 atom stereocenters. The molecule has 1 aliphatic rings. The Labute approximate surface area is 110 Å². The minimum atomic E-state index is -0.429. The van der Waals surface area contributed by atoms with Crippen molar-refractivity contribution in [2.75, 3.05) is 13.2 Å². The number of amides is 2. The Hall–Kier alpha value is -2.11. The number of hydrogen-bond donors (Lipinski definition) is 2. The van der Waals surface area contributed by atoms with Crippen LogP contribution in [0.1, 0.15) is 12.8 Å². The molecule has 1 aromatic carbocycles. The normalized spacial score (nSPS) is 13.7. The minimum absolute atomic E-state index is 0.0676. The summed E-state index contributed by atoms with van der Waals surface area (Å²) in [5.74, 6) is -0.781. The van der Waals surface area contributed by atoms with E-state index in [2.05, 4.69) is 10.6 Å². The summed E-state index contributed by atoms with van der Waals surface area (Å²) in [5.41, 5.74) is 0. The predicted octanol–water partition coefficient (Wildman–Crippen LogP) is 0.599. The third kappa shape index (κ3) is 4.95. The standard InChI is InChI=1S/C13H15FN2O3/c14-9-2-1-3-11(6-9)19-8-13(18)15-7-12(17)16-10-4-5-10/h1-3,6,10H,4-5,7-8H2,(H,15,18)(H,16,17). The van der Waals surface area contributed by atoms with Crippen LogP contribution in [0.4, 0.5) is 4.39 Å². The highest BCUT2D eigenvalue weighted by Crippen LogP contribution is 2.18. The van der Waals surface area contributed by atoms with Gasteiger partial charge in [0.1, 0.15) is 11.6 Å². The van der Waals surface area contributed by atoms with Crippen molar-refractivity contribution < 1.29 is 18.7 Å². The van der Waals surface area contributed by atoms with E-state index < -0.39 is 11.7 Å². The van der Waals surface area contributed by atoms with Crippen molar-refractivity contribution >= 4 is 11.8 Å². The molecule has 2 amide bonds. The van der Waals surface area contributed by atoms with Gasteiger partial charge in [0.25, 0.3) is 5.91 Å². The van der Waals surface area contributed by atoms with E-state index in [9.17, 15) is 14.0 Å². The molecule has 2 rings (SSSR count). The molecular weight excluding hydrogens is 251 g/mol. The van der Waals surface area contributed by atoms with Gasteiger partial charge in [0, 0.05) is 12.1 Å². The van der Waals surface area contributed by atoms with Gasteiger partial charge in [-0.3, -0.25) is 9.59 Å². The third-order valence-corrected chi connectivity index (χ3v) is 2.55. The Morgan fingerprint density at radius 1 is 1.32 bits per heavy atom. The Morgan fingerprint density at radius 2 is 2.11 bits per heavy atom. The number of carbonyl (C=O) groups is 2. The van der Waals surface area contributed by atoms with Crippen LogP contribution in [0.5, 0.6) is 5.75 Å². The van der Waals surface area contributed by atoms with E-state index in [0.717, 1.165) is 12.8 Å². The average molecular weight is 266 g/mol. The summed E-state index contributed by atoms with van der Waals surface area (Å²) < 4.78 is 17.9. The van der Waals surface area contributed by atoms with Gasteiger partial charge in [-0.2, -0.15) is 0 Å². The van der Waals surface area contributed by atoms with Gasteiger partial charge < -0.3 is 15.4 Å². The van der Waals surface area contributed by atoms with Gasteiger partial charge in [-0.05, 0) is 25.0 Å². The molecule has 0 heterocycles. The molecular formula is C13H15FN2O3. The maximum atomic E-state index is 12.8. The van der Waals surface area contributed by atoms with Crippen LogP contribution < -0.4 is 15.4 Å². The SMILES string of the molecule is O=C(COc1cccc(F)c1)NCC(=O)NC1CC1. The second kappa shape index (κ2) is 6.17. The lowest BCUT2D eigenvalue weighted by Crippen LogP contribution is -2.39. The highest BCUT2D eigenvalue weighted by molar-refractivity contribution is 5.85. The highest BCUT2D eigenvalue weighted by Gasteiger charge is 2.23. The smallest absolute Gasteiger partial charge is 0.258 e. The fourth-order valence-electron chi connectivity index (χ4n) is 1.44. The van der Waals surface area contributed by atoms with Crippen LogP contribution in [0.15, 0.2) is 24.3 Å². The van der Waals surface area contributed by atoms with Crippen molar-refractivity contribution in [1.82, 2.24) is 10.6 Å². The second-order valence-corrected chi connectivity index (χ2v) is 4.36. The van der Waals surface area contributed by atoms with Crippen LogP contribution in [-0.2, 0) is 9.59 Å². The molecule has 0 unspecified atom stereocenters. The summed E-state index contributed by atoms with van der Waals surface area (Å²) in [4.78, 5) is 22.7. The zero-order chi connectivity index (χ0) is 13.7. The fraction of sp³-hybridized carbons (Fsp3) is 0.385. The van der Waals surface area contributed by atoms with Crippen molar-refractivity contribution in [1.29, 1.82) is 0 Å². The van der Waals surface area contributed by atoms with Crippen molar-refractivity contribution in [3.8, 4) is 5.75 Å². The maximum absolute atomic E-state index is 12.8. The Kier molecular flexibility index (Phi) is 4.33. The molecule has 0 bridgehead atoms. The zero-order valence-corrected chi connectivity index (χ0v) is 10.3. The first kappa shape index (κ1) is 13.3. The first-order valence-corrected chi connectivity index (χ1v) is 6.08. The van der Waals surface area contributed by atoms with Gasteiger partial charge in [-0.25, -0.2) is 4.39 Å². The van der Waals surface area contributed by atoms with Crippen molar-refractivity contribution in [2.45, 2.75) is 18.9 Å². The highest BCUT2D eigenvalue weighted by atomic mass is 19.1. The first-order chi connectivity index (χ1) is 9.13. The van der Waals surface area contributed by atoms with Gasteiger partial charge in [-0.15, -0.1) is 0 Å².